The lowest BCUT2D eigenvalue weighted by molar-refractivity contribution is -0.116. The lowest BCUT2D eigenvalue weighted by Crippen LogP contribution is -2.16. The van der Waals surface area contributed by atoms with Gasteiger partial charge in [0.15, 0.2) is 4.34 Å². The molecular formula is C23H21N3O4S2. The fraction of sp³-hybridized carbons (Fsp3) is 0.217. The predicted octanol–water partition coefficient (Wildman–Crippen LogP) is 4.83. The summed E-state index contributed by atoms with van der Waals surface area (Å²) in [4.78, 5) is 24.9. The topological polar surface area (TPSA) is 94.3 Å². The Balaban J connectivity index is 1.36. The van der Waals surface area contributed by atoms with Crippen molar-refractivity contribution in [3.63, 3.8) is 0 Å². The molecule has 0 atom stereocenters. The molecule has 0 aliphatic heterocycles. The highest BCUT2D eigenvalue weighted by atomic mass is 32.2. The zero-order valence-corrected chi connectivity index (χ0v) is 19.2. The van der Waals surface area contributed by atoms with Crippen molar-refractivity contribution in [1.82, 2.24) is 10.2 Å². The number of nitrogens with one attached hydrogen (secondary N) is 1. The van der Waals surface area contributed by atoms with Crippen LogP contribution in [-0.4, -0.2) is 23.2 Å². The summed E-state index contributed by atoms with van der Waals surface area (Å²) >= 11 is 2.90. The second kappa shape index (κ2) is 9.97. The summed E-state index contributed by atoms with van der Waals surface area (Å²) in [7, 11) is 1.56. The summed E-state index contributed by atoms with van der Waals surface area (Å²) in [5.41, 5.74) is 2.53. The maximum atomic E-state index is 12.5. The van der Waals surface area contributed by atoms with E-state index in [0.29, 0.717) is 22.0 Å². The SMILES string of the molecule is COc1ccc2c(C)c(CCC(=O)Nc3nnc(SCc4ccccc4)s3)c(=O)oc2c1. The van der Waals surface area contributed by atoms with E-state index in [1.165, 1.54) is 16.9 Å². The first-order chi connectivity index (χ1) is 15.5. The van der Waals surface area contributed by atoms with Crippen molar-refractivity contribution in [2.24, 2.45) is 0 Å². The van der Waals surface area contributed by atoms with Gasteiger partial charge in [-0.1, -0.05) is 53.4 Å². The summed E-state index contributed by atoms with van der Waals surface area (Å²) in [6.45, 7) is 1.86. The van der Waals surface area contributed by atoms with Crippen molar-refractivity contribution >= 4 is 45.1 Å². The molecule has 0 unspecified atom stereocenters. The number of anilines is 1. The lowest BCUT2D eigenvalue weighted by atomic mass is 10.0. The second-order valence-corrected chi connectivity index (χ2v) is 9.25. The molecule has 1 amide bonds. The van der Waals surface area contributed by atoms with Gasteiger partial charge in [-0.05, 0) is 36.6 Å². The molecule has 7 nitrogen and oxygen atoms in total. The number of methoxy groups -OCH3 is 1. The second-order valence-electron chi connectivity index (χ2n) is 7.05. The summed E-state index contributed by atoms with van der Waals surface area (Å²) in [5.74, 6) is 1.17. The monoisotopic (exact) mass is 467 g/mol. The number of thioether (sulfide) groups is 1. The summed E-state index contributed by atoms with van der Waals surface area (Å²) in [5, 5.41) is 12.2. The van der Waals surface area contributed by atoms with Crippen LogP contribution in [0.5, 0.6) is 5.75 Å². The number of benzene rings is 2. The Labute approximate surface area is 192 Å². The van der Waals surface area contributed by atoms with E-state index in [0.717, 1.165) is 21.0 Å². The van der Waals surface area contributed by atoms with Crippen LogP contribution in [0.1, 0.15) is 23.1 Å². The van der Waals surface area contributed by atoms with Crippen molar-refractivity contribution < 1.29 is 13.9 Å². The van der Waals surface area contributed by atoms with Crippen LogP contribution in [0.3, 0.4) is 0 Å². The number of nitrogens with zero attached hydrogens (tertiary/aromatic N) is 2. The van der Waals surface area contributed by atoms with Gasteiger partial charge in [-0.15, -0.1) is 10.2 Å². The smallest absolute Gasteiger partial charge is 0.339 e. The Morgan fingerprint density at radius 1 is 1.19 bits per heavy atom. The number of hydrogen-bond acceptors (Lipinski definition) is 8. The number of fused-ring (bicyclic) bond motifs is 1. The third kappa shape index (κ3) is 5.17. The van der Waals surface area contributed by atoms with Crippen LogP contribution in [-0.2, 0) is 17.0 Å². The van der Waals surface area contributed by atoms with Crippen molar-refractivity contribution in [2.45, 2.75) is 29.9 Å². The first-order valence-electron chi connectivity index (χ1n) is 9.94. The van der Waals surface area contributed by atoms with Gasteiger partial charge in [-0.2, -0.15) is 0 Å². The summed E-state index contributed by atoms with van der Waals surface area (Å²) in [6, 6.07) is 15.4. The highest BCUT2D eigenvalue weighted by molar-refractivity contribution is 8.00. The standard InChI is InChI=1S/C23H21N3O4S2/c1-14-17-9-8-16(29-2)12-19(17)30-21(28)18(14)10-11-20(27)24-22-25-26-23(32-22)31-13-15-6-4-3-5-7-15/h3-9,12H,10-11,13H2,1-2H3,(H,24,25,27). The van der Waals surface area contributed by atoms with Crippen LogP contribution in [0.4, 0.5) is 5.13 Å². The van der Waals surface area contributed by atoms with Crippen molar-refractivity contribution in [2.75, 3.05) is 12.4 Å². The Hall–Kier alpha value is -3.17. The van der Waals surface area contributed by atoms with E-state index in [-0.39, 0.29) is 18.7 Å². The molecule has 0 spiro atoms. The average molecular weight is 468 g/mol. The minimum Gasteiger partial charge on any atom is -0.497 e. The fourth-order valence-corrected chi connectivity index (χ4v) is 4.97. The molecule has 0 saturated heterocycles. The first kappa shape index (κ1) is 22.0. The quantitative estimate of drug-likeness (QED) is 0.225. The number of rotatable bonds is 8. The zero-order chi connectivity index (χ0) is 22.5. The third-order valence-electron chi connectivity index (χ3n) is 4.95. The minimum atomic E-state index is -0.438. The molecule has 0 bridgehead atoms. The van der Waals surface area contributed by atoms with Gasteiger partial charge >= 0.3 is 5.63 Å². The van der Waals surface area contributed by atoms with Gasteiger partial charge in [-0.25, -0.2) is 4.79 Å². The number of carbonyl (C=O) groups excluding carboxylic acids is 1. The highest BCUT2D eigenvalue weighted by Crippen LogP contribution is 2.28. The van der Waals surface area contributed by atoms with Gasteiger partial charge in [0.2, 0.25) is 11.0 Å². The molecule has 2 heterocycles. The van der Waals surface area contributed by atoms with E-state index < -0.39 is 5.63 Å². The Morgan fingerprint density at radius 3 is 2.78 bits per heavy atom. The summed E-state index contributed by atoms with van der Waals surface area (Å²) in [6.07, 6.45) is 0.412. The Morgan fingerprint density at radius 2 is 2.00 bits per heavy atom. The highest BCUT2D eigenvalue weighted by Gasteiger charge is 2.15. The largest absolute Gasteiger partial charge is 0.497 e. The van der Waals surface area contributed by atoms with Crippen LogP contribution in [0.2, 0.25) is 0 Å². The molecule has 4 rings (SSSR count). The number of aromatic nitrogens is 2. The zero-order valence-electron chi connectivity index (χ0n) is 17.6. The van der Waals surface area contributed by atoms with Gasteiger partial charge in [0.25, 0.3) is 0 Å². The molecule has 0 aliphatic rings. The van der Waals surface area contributed by atoms with E-state index in [1.807, 2.05) is 37.3 Å². The number of aryl methyl sites for hydroxylation is 1. The molecule has 2 aromatic heterocycles. The van der Waals surface area contributed by atoms with Crippen LogP contribution < -0.4 is 15.7 Å². The summed E-state index contributed by atoms with van der Waals surface area (Å²) < 4.78 is 11.4. The van der Waals surface area contributed by atoms with Crippen molar-refractivity contribution in [3.8, 4) is 5.75 Å². The van der Waals surface area contributed by atoms with Crippen molar-refractivity contribution in [3.05, 3.63) is 75.6 Å². The van der Waals surface area contributed by atoms with Crippen LogP contribution in [0.15, 0.2) is 62.1 Å². The number of amides is 1. The van der Waals surface area contributed by atoms with Gasteiger partial charge in [0, 0.05) is 29.2 Å². The van der Waals surface area contributed by atoms with Crippen LogP contribution in [0.25, 0.3) is 11.0 Å². The normalized spacial score (nSPS) is 10.9. The molecule has 32 heavy (non-hydrogen) atoms. The van der Waals surface area contributed by atoms with Gasteiger partial charge < -0.3 is 14.5 Å². The molecule has 1 N–H and O–H groups in total. The molecule has 2 aromatic carbocycles. The molecule has 0 fully saturated rings. The number of carbonyl (C=O) groups is 1. The number of hydrogen-bond donors (Lipinski definition) is 1. The predicted molar refractivity (Wildman–Crippen MR) is 127 cm³/mol. The van der Waals surface area contributed by atoms with Crippen LogP contribution in [0, 0.1) is 6.92 Å². The van der Waals surface area contributed by atoms with Gasteiger partial charge in [0.05, 0.1) is 7.11 Å². The van der Waals surface area contributed by atoms with E-state index in [1.54, 1.807) is 24.9 Å². The first-order valence-corrected chi connectivity index (χ1v) is 11.7. The lowest BCUT2D eigenvalue weighted by Gasteiger charge is -2.08. The minimum absolute atomic E-state index is 0.138. The molecule has 4 aromatic rings. The van der Waals surface area contributed by atoms with E-state index in [9.17, 15) is 9.59 Å². The average Bonchev–Trinajstić information content (AvgIpc) is 3.25. The maximum absolute atomic E-state index is 12.5. The third-order valence-corrected chi connectivity index (χ3v) is 7.00. The molecule has 9 heteroatoms. The van der Waals surface area contributed by atoms with Crippen LogP contribution >= 0.6 is 23.1 Å². The molecule has 164 valence electrons. The molecule has 0 saturated carbocycles. The molecule has 0 aliphatic carbocycles. The number of ether oxygens (including phenoxy) is 1. The Kier molecular flexibility index (Phi) is 6.87. The van der Waals surface area contributed by atoms with E-state index in [2.05, 4.69) is 27.6 Å². The fourth-order valence-electron chi connectivity index (χ4n) is 3.25. The van der Waals surface area contributed by atoms with E-state index in [4.69, 9.17) is 9.15 Å². The Bertz CT molecular complexity index is 1300. The molecular weight excluding hydrogens is 446 g/mol. The maximum Gasteiger partial charge on any atom is 0.339 e. The van der Waals surface area contributed by atoms with Crippen molar-refractivity contribution in [1.29, 1.82) is 0 Å². The van der Waals surface area contributed by atoms with E-state index >= 15 is 0 Å². The molecule has 0 radical (unpaired) electrons. The van der Waals surface area contributed by atoms with Gasteiger partial charge in [-0.3, -0.25) is 4.79 Å². The van der Waals surface area contributed by atoms with Gasteiger partial charge in [0.1, 0.15) is 11.3 Å².